The first-order valence-corrected chi connectivity index (χ1v) is 6.88. The lowest BCUT2D eigenvalue weighted by Gasteiger charge is -2.07. The normalized spacial score (nSPS) is 11.4. The molecule has 0 aliphatic rings. The molecule has 6 nitrogen and oxygen atoms in total. The van der Waals surface area contributed by atoms with Crippen molar-refractivity contribution in [2.75, 3.05) is 23.9 Å². The van der Waals surface area contributed by atoms with Crippen LogP contribution in [0.2, 0.25) is 5.02 Å². The van der Waals surface area contributed by atoms with E-state index in [2.05, 4.69) is 10.4 Å². The molecule has 16 heavy (non-hydrogen) atoms. The molecule has 8 heteroatoms. The average Bonchev–Trinajstić information content (AvgIpc) is 2.16. The van der Waals surface area contributed by atoms with Crippen LogP contribution in [0.15, 0.2) is 11.0 Å². The third kappa shape index (κ3) is 3.49. The van der Waals surface area contributed by atoms with E-state index < -0.39 is 15.4 Å². The van der Waals surface area contributed by atoms with Crippen LogP contribution in [0.25, 0.3) is 0 Å². The van der Waals surface area contributed by atoms with Crippen LogP contribution in [0.4, 0.5) is 5.69 Å². The van der Waals surface area contributed by atoms with Gasteiger partial charge in [0, 0.05) is 19.8 Å². The summed E-state index contributed by atoms with van der Waals surface area (Å²) in [7, 11) is -1.55. The van der Waals surface area contributed by atoms with E-state index in [0.717, 1.165) is 10.9 Å². The van der Waals surface area contributed by atoms with Gasteiger partial charge in [0.05, 0.1) is 17.6 Å². The van der Waals surface area contributed by atoms with Gasteiger partial charge in [-0.05, 0) is 0 Å². The van der Waals surface area contributed by atoms with E-state index in [9.17, 15) is 13.2 Å². The van der Waals surface area contributed by atoms with Crippen molar-refractivity contribution in [1.82, 2.24) is 9.78 Å². The number of aromatic nitrogens is 2. The Labute approximate surface area is 98.1 Å². The maximum absolute atomic E-state index is 11.4. The van der Waals surface area contributed by atoms with Gasteiger partial charge in [-0.3, -0.25) is 4.79 Å². The molecular formula is C8H12ClN3O3S. The Morgan fingerprint density at radius 1 is 1.56 bits per heavy atom. The van der Waals surface area contributed by atoms with Crippen LogP contribution in [0.1, 0.15) is 0 Å². The van der Waals surface area contributed by atoms with E-state index in [4.69, 9.17) is 11.6 Å². The zero-order valence-electron chi connectivity index (χ0n) is 8.90. The maximum Gasteiger partial charge on any atom is 0.287 e. The smallest absolute Gasteiger partial charge is 0.287 e. The molecule has 90 valence electrons. The van der Waals surface area contributed by atoms with Gasteiger partial charge in [0.1, 0.15) is 14.9 Å². The quantitative estimate of drug-likeness (QED) is 0.822. The van der Waals surface area contributed by atoms with Gasteiger partial charge in [-0.1, -0.05) is 11.6 Å². The summed E-state index contributed by atoms with van der Waals surface area (Å²) < 4.78 is 22.8. The predicted octanol–water partition coefficient (Wildman–Crippen LogP) is -0.110. The fourth-order valence-corrected chi connectivity index (χ4v) is 1.72. The topological polar surface area (TPSA) is 81.1 Å². The van der Waals surface area contributed by atoms with Gasteiger partial charge >= 0.3 is 0 Å². The summed E-state index contributed by atoms with van der Waals surface area (Å²) in [6, 6.07) is 0. The Bertz CT molecular complexity index is 538. The number of nitrogens with one attached hydrogen (secondary N) is 1. The zero-order valence-corrected chi connectivity index (χ0v) is 10.5. The fraction of sp³-hybridized carbons (Fsp3) is 0.500. The van der Waals surface area contributed by atoms with E-state index in [0.29, 0.717) is 5.69 Å². The second-order valence-corrected chi connectivity index (χ2v) is 6.00. The summed E-state index contributed by atoms with van der Waals surface area (Å²) in [5, 5.41) is 6.52. The van der Waals surface area contributed by atoms with Crippen LogP contribution in [-0.4, -0.2) is 36.8 Å². The SMILES string of the molecule is Cn1ncc(NCCS(C)(=O)=O)c(Cl)c1=O. The molecule has 0 saturated carbocycles. The number of hydrogen-bond donors (Lipinski definition) is 1. The summed E-state index contributed by atoms with van der Waals surface area (Å²) >= 11 is 5.76. The van der Waals surface area contributed by atoms with Crippen LogP contribution >= 0.6 is 11.6 Å². The van der Waals surface area contributed by atoms with Crippen LogP contribution < -0.4 is 10.9 Å². The van der Waals surface area contributed by atoms with Crippen LogP contribution in [0.5, 0.6) is 0 Å². The zero-order chi connectivity index (χ0) is 12.3. The molecular weight excluding hydrogens is 254 g/mol. The molecule has 1 rings (SSSR count). The maximum atomic E-state index is 11.4. The molecule has 0 aromatic carbocycles. The first kappa shape index (κ1) is 13.0. The van der Waals surface area contributed by atoms with Crippen LogP contribution in [-0.2, 0) is 16.9 Å². The molecule has 0 radical (unpaired) electrons. The monoisotopic (exact) mass is 265 g/mol. The Morgan fingerprint density at radius 2 is 2.19 bits per heavy atom. The largest absolute Gasteiger partial charge is 0.381 e. The van der Waals surface area contributed by atoms with Crippen molar-refractivity contribution in [3.05, 3.63) is 21.6 Å². The number of halogens is 1. The predicted molar refractivity (Wildman–Crippen MR) is 62.7 cm³/mol. The standard InChI is InChI=1S/C8H12ClN3O3S/c1-12-8(13)7(9)6(5-11-12)10-3-4-16(2,14)15/h5,10H,3-4H2,1-2H3. The molecule has 0 aliphatic carbocycles. The highest BCUT2D eigenvalue weighted by Gasteiger charge is 2.07. The first-order valence-electron chi connectivity index (χ1n) is 4.44. The molecule has 1 heterocycles. The molecule has 1 N–H and O–H groups in total. The number of sulfone groups is 1. The number of anilines is 1. The minimum atomic E-state index is -3.03. The van der Waals surface area contributed by atoms with Crippen molar-refractivity contribution in [1.29, 1.82) is 0 Å². The molecule has 0 bridgehead atoms. The van der Waals surface area contributed by atoms with Crippen molar-refractivity contribution in [2.45, 2.75) is 0 Å². The lowest BCUT2D eigenvalue weighted by atomic mass is 10.4. The van der Waals surface area contributed by atoms with Gasteiger partial charge in [0.25, 0.3) is 5.56 Å². The molecule has 0 spiro atoms. The van der Waals surface area contributed by atoms with Crippen LogP contribution in [0, 0.1) is 0 Å². The van der Waals surface area contributed by atoms with Crippen molar-refractivity contribution in [3.8, 4) is 0 Å². The highest BCUT2D eigenvalue weighted by Crippen LogP contribution is 2.14. The van der Waals surface area contributed by atoms with E-state index >= 15 is 0 Å². The second kappa shape index (κ2) is 4.84. The number of nitrogens with zero attached hydrogens (tertiary/aromatic N) is 2. The van der Waals surface area contributed by atoms with Crippen molar-refractivity contribution >= 4 is 27.1 Å². The molecule has 1 aromatic rings. The fourth-order valence-electron chi connectivity index (χ4n) is 1.01. The Hall–Kier alpha value is -1.08. The molecule has 0 amide bonds. The minimum Gasteiger partial charge on any atom is -0.381 e. The third-order valence-corrected chi connectivity index (χ3v) is 3.18. The van der Waals surface area contributed by atoms with E-state index in [1.54, 1.807) is 0 Å². The van der Waals surface area contributed by atoms with Crippen molar-refractivity contribution in [3.63, 3.8) is 0 Å². The summed E-state index contributed by atoms with van der Waals surface area (Å²) in [4.78, 5) is 11.4. The van der Waals surface area contributed by atoms with Gasteiger partial charge in [-0.25, -0.2) is 13.1 Å². The molecule has 0 atom stereocenters. The molecule has 0 aliphatic heterocycles. The minimum absolute atomic E-state index is 0.00556. The van der Waals surface area contributed by atoms with Gasteiger partial charge in [-0.2, -0.15) is 5.10 Å². The van der Waals surface area contributed by atoms with Crippen molar-refractivity contribution in [2.24, 2.45) is 7.05 Å². The summed E-state index contributed by atoms with van der Waals surface area (Å²) in [5.74, 6) is -0.0292. The summed E-state index contributed by atoms with van der Waals surface area (Å²) in [5.41, 5.74) is -0.0839. The van der Waals surface area contributed by atoms with Gasteiger partial charge in [-0.15, -0.1) is 0 Å². The average molecular weight is 266 g/mol. The summed E-state index contributed by atoms with van der Waals surface area (Å²) in [6.07, 6.45) is 2.52. The summed E-state index contributed by atoms with van der Waals surface area (Å²) in [6.45, 7) is 0.188. The van der Waals surface area contributed by atoms with Gasteiger partial charge < -0.3 is 5.32 Å². The number of aryl methyl sites for hydroxylation is 1. The molecule has 0 unspecified atom stereocenters. The van der Waals surface area contributed by atoms with Gasteiger partial charge in [0.2, 0.25) is 0 Å². The first-order chi connectivity index (χ1) is 7.31. The van der Waals surface area contributed by atoms with E-state index in [-0.39, 0.29) is 17.3 Å². The van der Waals surface area contributed by atoms with Gasteiger partial charge in [0.15, 0.2) is 0 Å². The highest BCUT2D eigenvalue weighted by molar-refractivity contribution is 7.90. The number of rotatable bonds is 4. The number of hydrogen-bond acceptors (Lipinski definition) is 5. The van der Waals surface area contributed by atoms with E-state index in [1.807, 2.05) is 0 Å². The Balaban J connectivity index is 2.76. The lowest BCUT2D eigenvalue weighted by Crippen LogP contribution is -2.22. The second-order valence-electron chi connectivity index (χ2n) is 3.36. The Kier molecular flexibility index (Phi) is 3.93. The van der Waals surface area contributed by atoms with Crippen molar-refractivity contribution < 1.29 is 8.42 Å². The molecule has 0 saturated heterocycles. The molecule has 1 aromatic heterocycles. The lowest BCUT2D eigenvalue weighted by molar-refractivity contribution is 0.602. The van der Waals surface area contributed by atoms with Crippen LogP contribution in [0.3, 0.4) is 0 Å². The molecule has 0 fully saturated rings. The highest BCUT2D eigenvalue weighted by atomic mass is 35.5. The van der Waals surface area contributed by atoms with E-state index in [1.165, 1.54) is 13.2 Å². The Morgan fingerprint density at radius 3 is 2.75 bits per heavy atom. The third-order valence-electron chi connectivity index (χ3n) is 1.87.